The number of fused-ring (bicyclic) bond motifs is 1. The van der Waals surface area contributed by atoms with Crippen molar-refractivity contribution < 1.29 is 9.30 Å². The molecular weight excluding hydrogens is 266 g/mol. The number of hydrogen-bond acceptors (Lipinski definition) is 3. The van der Waals surface area contributed by atoms with Crippen LogP contribution in [-0.4, -0.2) is 20.8 Å². The molecule has 21 heavy (non-hydrogen) atoms. The van der Waals surface area contributed by atoms with E-state index in [1.165, 1.54) is 0 Å². The van der Waals surface area contributed by atoms with Crippen LogP contribution in [0.25, 0.3) is 5.52 Å². The molecule has 2 N–H and O–H groups in total. The summed E-state index contributed by atoms with van der Waals surface area (Å²) in [5.41, 5.74) is 7.49. The number of nitrogen functional groups attached to an aromatic ring is 1. The van der Waals surface area contributed by atoms with E-state index in [4.69, 9.17) is 10.5 Å². The summed E-state index contributed by atoms with van der Waals surface area (Å²) in [6, 6.07) is 5.77. The van der Waals surface area contributed by atoms with Crippen molar-refractivity contribution in [2.24, 2.45) is 7.05 Å². The quantitative estimate of drug-likeness (QED) is 0.439. The van der Waals surface area contributed by atoms with Crippen LogP contribution in [0.5, 0.6) is 5.88 Å². The first kappa shape index (κ1) is 14.9. The van der Waals surface area contributed by atoms with E-state index in [9.17, 15) is 0 Å². The first-order chi connectivity index (χ1) is 9.74. The molecule has 0 radical (unpaired) electrons. The summed E-state index contributed by atoms with van der Waals surface area (Å²) in [5, 5.41) is 4.32. The van der Waals surface area contributed by atoms with Crippen LogP contribution >= 0.6 is 0 Å². The number of nitrogens with zero attached hydrogens (tertiary/aromatic N) is 4. The summed E-state index contributed by atoms with van der Waals surface area (Å²) in [6.45, 7) is 1.50. The molecule has 0 saturated carbocycles. The zero-order valence-corrected chi connectivity index (χ0v) is 12.4. The van der Waals surface area contributed by atoms with Gasteiger partial charge in [0, 0.05) is 12.6 Å². The third-order valence-corrected chi connectivity index (χ3v) is 3.17. The van der Waals surface area contributed by atoms with Crippen LogP contribution in [0.2, 0.25) is 0 Å². The lowest BCUT2D eigenvalue weighted by molar-refractivity contribution is -0.671. The summed E-state index contributed by atoms with van der Waals surface area (Å²) < 4.78 is 11.5. The summed E-state index contributed by atoms with van der Waals surface area (Å²) >= 11 is 0. The van der Waals surface area contributed by atoms with Crippen LogP contribution in [0.4, 0.5) is 5.69 Å². The van der Waals surface area contributed by atoms with E-state index < -0.39 is 0 Å². The van der Waals surface area contributed by atoms with Gasteiger partial charge in [-0.1, -0.05) is 6.07 Å². The molecule has 0 bridgehead atoms. The molecule has 3 aromatic rings. The highest BCUT2D eigenvalue weighted by molar-refractivity contribution is 5.74. The zero-order chi connectivity index (χ0) is 13.9. The van der Waals surface area contributed by atoms with Crippen molar-refractivity contribution in [1.82, 2.24) is 14.2 Å². The van der Waals surface area contributed by atoms with Crippen molar-refractivity contribution >= 4 is 11.2 Å². The molecule has 0 aliphatic carbocycles. The number of rotatable bonds is 5. The highest BCUT2D eigenvalue weighted by atomic mass is 16.5. The van der Waals surface area contributed by atoms with Gasteiger partial charge in [-0.3, -0.25) is 0 Å². The normalized spacial score (nSPS) is 10.5. The average molecular weight is 287 g/mol. The molecule has 0 fully saturated rings. The molecule has 0 saturated heterocycles. The highest BCUT2D eigenvalue weighted by Gasteiger charge is 2.10. The largest absolute Gasteiger partial charge is 0.475 e. The molecule has 0 aliphatic rings. The predicted molar refractivity (Wildman–Crippen MR) is 81.7 cm³/mol. The number of aryl methyl sites for hydroxylation is 2. The van der Waals surface area contributed by atoms with Gasteiger partial charge in [0.2, 0.25) is 6.33 Å². The number of anilines is 1. The molecule has 0 amide bonds. The van der Waals surface area contributed by atoms with Crippen molar-refractivity contribution in [3.8, 4) is 5.88 Å². The fraction of sp³-hybridized carbons (Fsp3) is 0.267. The van der Waals surface area contributed by atoms with Crippen LogP contribution in [0.3, 0.4) is 0 Å². The first-order valence-corrected chi connectivity index (χ1v) is 6.61. The minimum Gasteiger partial charge on any atom is -0.475 e. The number of hydrogen-bond donors (Lipinski definition) is 1. The monoisotopic (exact) mass is 287 g/mol. The van der Waals surface area contributed by atoms with Crippen molar-refractivity contribution in [2.75, 3.05) is 12.3 Å². The second kappa shape index (κ2) is 6.30. The fourth-order valence-electron chi connectivity index (χ4n) is 2.15. The van der Waals surface area contributed by atoms with Crippen LogP contribution in [0.15, 0.2) is 43.1 Å². The van der Waals surface area contributed by atoms with E-state index in [2.05, 4.69) is 9.67 Å². The summed E-state index contributed by atoms with van der Waals surface area (Å²) in [5.74, 6) is 0.509. The molecule has 0 unspecified atom stereocenters. The minimum atomic E-state index is 0. The Morgan fingerprint density at radius 3 is 2.90 bits per heavy atom. The smallest absolute Gasteiger partial charge is 0.257 e. The Morgan fingerprint density at radius 1 is 1.33 bits per heavy atom. The van der Waals surface area contributed by atoms with Gasteiger partial charge in [-0.2, -0.15) is 0 Å². The maximum Gasteiger partial charge on any atom is 0.257 e. The van der Waals surface area contributed by atoms with E-state index >= 15 is 0 Å². The molecule has 0 aromatic carbocycles. The molecular formula is C15H21N5O. The molecule has 3 aromatic heterocycles. The molecule has 6 heteroatoms. The summed E-state index contributed by atoms with van der Waals surface area (Å²) in [7, 11) is 2.00. The van der Waals surface area contributed by atoms with Crippen LogP contribution in [0, 0.1) is 7.43 Å². The maximum absolute atomic E-state index is 6.02. The van der Waals surface area contributed by atoms with Crippen LogP contribution < -0.4 is 15.0 Å². The Labute approximate surface area is 124 Å². The van der Waals surface area contributed by atoms with E-state index in [0.29, 0.717) is 18.2 Å². The van der Waals surface area contributed by atoms with Gasteiger partial charge in [-0.25, -0.2) is 13.6 Å². The molecule has 112 valence electrons. The standard InChI is InChI=1S/C14H18N5O.CH3/c1-17-8-9-18(11-17)6-4-10-20-14-13(15)12-5-2-3-7-19(12)16-14;/h2-3,5,7-9,11H,4,6,10,15H2,1H3;1H3/q+1;-1. The van der Waals surface area contributed by atoms with Gasteiger partial charge in [0.25, 0.3) is 5.88 Å². The number of ether oxygens (including phenoxy) is 1. The lowest BCUT2D eigenvalue weighted by Gasteiger charge is -2.02. The van der Waals surface area contributed by atoms with Gasteiger partial charge in [0.05, 0.1) is 25.7 Å². The second-order valence-corrected chi connectivity index (χ2v) is 4.77. The van der Waals surface area contributed by atoms with Gasteiger partial charge in [0.15, 0.2) is 0 Å². The van der Waals surface area contributed by atoms with Crippen LogP contribution in [0.1, 0.15) is 6.42 Å². The fourth-order valence-corrected chi connectivity index (χ4v) is 2.15. The second-order valence-electron chi connectivity index (χ2n) is 4.77. The minimum absolute atomic E-state index is 0. The summed E-state index contributed by atoms with van der Waals surface area (Å²) in [6.07, 6.45) is 8.86. The SMILES string of the molecule is C[n+]1ccn(CCCOc2nn3ccccc3c2N)c1.[CH3-]. The first-order valence-electron chi connectivity index (χ1n) is 6.61. The van der Waals surface area contributed by atoms with Gasteiger partial charge in [-0.15, -0.1) is 5.10 Å². The molecule has 0 spiro atoms. The van der Waals surface area contributed by atoms with Gasteiger partial charge < -0.3 is 17.9 Å². The third-order valence-electron chi connectivity index (χ3n) is 3.17. The third kappa shape index (κ3) is 3.16. The Balaban J connectivity index is 0.00000161. The lowest BCUT2D eigenvalue weighted by Crippen LogP contribution is -2.23. The molecule has 0 atom stereocenters. The number of nitrogens with two attached hydrogens (primary N) is 1. The number of pyridine rings is 1. The molecule has 6 nitrogen and oxygen atoms in total. The number of aromatic nitrogens is 4. The van der Waals surface area contributed by atoms with Crippen molar-refractivity contribution in [2.45, 2.75) is 13.0 Å². The van der Waals surface area contributed by atoms with Gasteiger partial charge in [-0.05, 0) is 12.1 Å². The highest BCUT2D eigenvalue weighted by Crippen LogP contribution is 2.24. The lowest BCUT2D eigenvalue weighted by atomic mass is 10.3. The van der Waals surface area contributed by atoms with Crippen molar-refractivity contribution in [3.05, 3.63) is 50.5 Å². The van der Waals surface area contributed by atoms with Gasteiger partial charge >= 0.3 is 0 Å². The van der Waals surface area contributed by atoms with Gasteiger partial charge in [0.1, 0.15) is 18.1 Å². The zero-order valence-electron chi connectivity index (χ0n) is 12.4. The maximum atomic E-state index is 6.02. The predicted octanol–water partition coefficient (Wildman–Crippen LogP) is 1.46. The van der Waals surface area contributed by atoms with Crippen molar-refractivity contribution in [1.29, 1.82) is 0 Å². The van der Waals surface area contributed by atoms with Crippen molar-refractivity contribution in [3.63, 3.8) is 0 Å². The van der Waals surface area contributed by atoms with E-state index in [0.717, 1.165) is 18.5 Å². The topological polar surface area (TPSA) is 61.4 Å². The van der Waals surface area contributed by atoms with E-state index in [1.54, 1.807) is 4.52 Å². The summed E-state index contributed by atoms with van der Waals surface area (Å²) in [4.78, 5) is 0. The van der Waals surface area contributed by atoms with Crippen LogP contribution in [-0.2, 0) is 13.6 Å². The molecule has 3 rings (SSSR count). The Kier molecular flexibility index (Phi) is 4.47. The Morgan fingerprint density at radius 2 is 2.19 bits per heavy atom. The Bertz CT molecular complexity index is 716. The Hall–Kier alpha value is -2.50. The molecule has 3 heterocycles. The molecule has 0 aliphatic heterocycles. The van der Waals surface area contributed by atoms with E-state index in [1.807, 2.05) is 54.7 Å². The van der Waals surface area contributed by atoms with E-state index in [-0.39, 0.29) is 7.43 Å². The number of imidazole rings is 1. The average Bonchev–Trinajstić information content (AvgIpc) is 3.00.